The fraction of sp³-hybridized carbons (Fsp3) is 0.632. The summed E-state index contributed by atoms with van der Waals surface area (Å²) in [6.45, 7) is 2.71. The minimum Gasteiger partial charge on any atom is -0.355 e. The van der Waals surface area contributed by atoms with Crippen molar-refractivity contribution in [2.24, 2.45) is 0 Å². The van der Waals surface area contributed by atoms with Gasteiger partial charge in [-0.1, -0.05) is 37.1 Å². The van der Waals surface area contributed by atoms with E-state index in [0.29, 0.717) is 6.54 Å². The zero-order valence-corrected chi connectivity index (χ0v) is 15.2. The van der Waals surface area contributed by atoms with Crippen molar-refractivity contribution in [3.05, 3.63) is 35.4 Å². The van der Waals surface area contributed by atoms with E-state index < -0.39 is 9.84 Å². The Morgan fingerprint density at radius 1 is 1.21 bits per heavy atom. The van der Waals surface area contributed by atoms with Crippen LogP contribution in [0.1, 0.15) is 56.1 Å². The fourth-order valence-corrected chi connectivity index (χ4v) is 5.72. The molecule has 1 aromatic carbocycles. The summed E-state index contributed by atoms with van der Waals surface area (Å²) in [5.74, 6) is -0.155. The Bertz CT molecular complexity index is 701. The molecular formula is C19H27NO3S. The fourth-order valence-electron chi connectivity index (χ4n) is 3.87. The van der Waals surface area contributed by atoms with Crippen molar-refractivity contribution < 1.29 is 13.2 Å². The second kappa shape index (κ2) is 6.87. The molecule has 2 fully saturated rings. The number of hydrogen-bond acceptors (Lipinski definition) is 3. The van der Waals surface area contributed by atoms with Gasteiger partial charge in [-0.2, -0.15) is 0 Å². The molecule has 24 heavy (non-hydrogen) atoms. The Balaban J connectivity index is 1.50. The third-order valence-corrected chi connectivity index (χ3v) is 7.88. The molecule has 3 rings (SSSR count). The van der Waals surface area contributed by atoms with Crippen molar-refractivity contribution in [3.8, 4) is 0 Å². The standard InChI is InChI=1S/C19H27NO3S/c1-15-6-2-5-9-17(15)19(11-12-19)14-20-18(21)10-13-24(22,23)16-7-3-4-8-16/h2,5-6,9,16H,3-4,7-8,10-14H2,1H3,(H,20,21). The van der Waals surface area contributed by atoms with Gasteiger partial charge in [0.1, 0.15) is 0 Å². The van der Waals surface area contributed by atoms with Gasteiger partial charge in [0.15, 0.2) is 9.84 Å². The topological polar surface area (TPSA) is 63.2 Å². The SMILES string of the molecule is Cc1ccccc1C1(CNC(=O)CCS(=O)(=O)C2CCCC2)CC1. The molecule has 1 aromatic rings. The first-order valence-electron chi connectivity index (χ1n) is 8.97. The summed E-state index contributed by atoms with van der Waals surface area (Å²) in [6, 6.07) is 8.31. The van der Waals surface area contributed by atoms with Crippen LogP contribution in [0.4, 0.5) is 0 Å². The lowest BCUT2D eigenvalue weighted by molar-refractivity contribution is -0.120. The Morgan fingerprint density at radius 2 is 1.88 bits per heavy atom. The highest BCUT2D eigenvalue weighted by molar-refractivity contribution is 7.92. The van der Waals surface area contributed by atoms with E-state index in [-0.39, 0.29) is 28.7 Å². The molecule has 2 saturated carbocycles. The number of sulfone groups is 1. The van der Waals surface area contributed by atoms with E-state index in [1.165, 1.54) is 11.1 Å². The van der Waals surface area contributed by atoms with Gasteiger partial charge in [-0.25, -0.2) is 8.42 Å². The molecule has 1 N–H and O–H groups in total. The van der Waals surface area contributed by atoms with Gasteiger partial charge in [0.05, 0.1) is 11.0 Å². The zero-order chi connectivity index (χ0) is 17.2. The van der Waals surface area contributed by atoms with Crippen LogP contribution in [0.5, 0.6) is 0 Å². The summed E-state index contributed by atoms with van der Waals surface area (Å²) < 4.78 is 24.5. The van der Waals surface area contributed by atoms with Gasteiger partial charge in [-0.3, -0.25) is 4.79 Å². The molecule has 0 saturated heterocycles. The number of nitrogens with one attached hydrogen (secondary N) is 1. The zero-order valence-electron chi connectivity index (χ0n) is 14.4. The summed E-state index contributed by atoms with van der Waals surface area (Å²) in [7, 11) is -3.11. The number of amides is 1. The van der Waals surface area contributed by atoms with E-state index in [1.807, 2.05) is 12.1 Å². The quantitative estimate of drug-likeness (QED) is 0.823. The van der Waals surface area contributed by atoms with Crippen LogP contribution in [0.3, 0.4) is 0 Å². The average Bonchev–Trinajstić information content (AvgIpc) is 3.12. The maximum Gasteiger partial charge on any atom is 0.221 e. The molecule has 0 aromatic heterocycles. The van der Waals surface area contributed by atoms with Crippen LogP contribution in [0.2, 0.25) is 0 Å². The van der Waals surface area contributed by atoms with E-state index in [0.717, 1.165) is 38.5 Å². The van der Waals surface area contributed by atoms with Gasteiger partial charge in [-0.15, -0.1) is 0 Å². The molecule has 2 aliphatic carbocycles. The maximum atomic E-state index is 12.2. The second-order valence-electron chi connectivity index (χ2n) is 7.40. The molecule has 0 atom stereocenters. The molecule has 0 aliphatic heterocycles. The first-order valence-corrected chi connectivity index (χ1v) is 10.7. The van der Waals surface area contributed by atoms with Crippen LogP contribution < -0.4 is 5.32 Å². The Kier molecular flexibility index (Phi) is 5.00. The predicted octanol–water partition coefficient (Wildman–Crippen LogP) is 2.89. The normalized spacial score (nSPS) is 20.0. The highest BCUT2D eigenvalue weighted by Crippen LogP contribution is 2.48. The largest absolute Gasteiger partial charge is 0.355 e. The molecule has 0 bridgehead atoms. The van der Waals surface area contributed by atoms with Gasteiger partial charge in [0, 0.05) is 18.4 Å². The molecule has 2 aliphatic rings. The van der Waals surface area contributed by atoms with E-state index >= 15 is 0 Å². The lowest BCUT2D eigenvalue weighted by Gasteiger charge is -2.19. The number of hydrogen-bond donors (Lipinski definition) is 1. The van der Waals surface area contributed by atoms with E-state index in [1.54, 1.807) is 0 Å². The van der Waals surface area contributed by atoms with E-state index in [4.69, 9.17) is 0 Å². The van der Waals surface area contributed by atoms with Crippen molar-refractivity contribution in [2.45, 2.75) is 62.5 Å². The number of aryl methyl sites for hydroxylation is 1. The van der Waals surface area contributed by atoms with Gasteiger partial charge < -0.3 is 5.32 Å². The first-order chi connectivity index (χ1) is 11.4. The van der Waals surface area contributed by atoms with Crippen LogP contribution >= 0.6 is 0 Å². The Hall–Kier alpha value is -1.36. The molecular weight excluding hydrogens is 322 g/mol. The van der Waals surface area contributed by atoms with Crippen molar-refractivity contribution >= 4 is 15.7 Å². The average molecular weight is 349 g/mol. The maximum absolute atomic E-state index is 12.2. The van der Waals surface area contributed by atoms with Gasteiger partial charge in [-0.05, 0) is 43.7 Å². The third kappa shape index (κ3) is 3.82. The predicted molar refractivity (Wildman–Crippen MR) is 95.8 cm³/mol. The summed E-state index contributed by atoms with van der Waals surface area (Å²) in [6.07, 6.45) is 5.77. The van der Waals surface area contributed by atoms with Crippen molar-refractivity contribution in [2.75, 3.05) is 12.3 Å². The second-order valence-corrected chi connectivity index (χ2v) is 9.80. The lowest BCUT2D eigenvalue weighted by atomic mass is 9.92. The highest BCUT2D eigenvalue weighted by Gasteiger charge is 2.45. The molecule has 1 amide bonds. The molecule has 0 spiro atoms. The summed E-state index contributed by atoms with van der Waals surface area (Å²) in [5, 5.41) is 2.76. The van der Waals surface area contributed by atoms with Gasteiger partial charge in [0.2, 0.25) is 5.91 Å². The lowest BCUT2D eigenvalue weighted by Crippen LogP contribution is -2.34. The highest BCUT2D eigenvalue weighted by atomic mass is 32.2. The van der Waals surface area contributed by atoms with Gasteiger partial charge >= 0.3 is 0 Å². The Labute approximate surface area is 145 Å². The number of carbonyl (C=O) groups excluding carboxylic acids is 1. The monoisotopic (exact) mass is 349 g/mol. The smallest absolute Gasteiger partial charge is 0.221 e. The number of carbonyl (C=O) groups is 1. The van der Waals surface area contributed by atoms with Crippen LogP contribution in [0.25, 0.3) is 0 Å². The van der Waals surface area contributed by atoms with Crippen molar-refractivity contribution in [1.82, 2.24) is 5.32 Å². The molecule has 0 unspecified atom stereocenters. The van der Waals surface area contributed by atoms with Crippen molar-refractivity contribution in [3.63, 3.8) is 0 Å². The summed E-state index contributed by atoms with van der Waals surface area (Å²) in [4.78, 5) is 12.1. The number of benzene rings is 1. The Morgan fingerprint density at radius 3 is 2.50 bits per heavy atom. The molecule has 0 heterocycles. The number of rotatable bonds is 7. The minimum absolute atomic E-state index is 0.0130. The molecule has 5 heteroatoms. The van der Waals surface area contributed by atoms with Crippen LogP contribution in [-0.4, -0.2) is 31.9 Å². The van der Waals surface area contributed by atoms with Crippen LogP contribution in [-0.2, 0) is 20.0 Å². The summed E-state index contributed by atoms with van der Waals surface area (Å²) in [5.41, 5.74) is 2.63. The van der Waals surface area contributed by atoms with Gasteiger partial charge in [0.25, 0.3) is 0 Å². The van der Waals surface area contributed by atoms with E-state index in [9.17, 15) is 13.2 Å². The van der Waals surface area contributed by atoms with E-state index in [2.05, 4.69) is 24.4 Å². The molecule has 4 nitrogen and oxygen atoms in total. The van der Waals surface area contributed by atoms with Crippen LogP contribution in [0.15, 0.2) is 24.3 Å². The van der Waals surface area contributed by atoms with Crippen molar-refractivity contribution in [1.29, 1.82) is 0 Å². The van der Waals surface area contributed by atoms with Crippen LogP contribution in [0, 0.1) is 6.92 Å². The first kappa shape index (κ1) is 17.5. The molecule has 132 valence electrons. The minimum atomic E-state index is -3.11. The third-order valence-electron chi connectivity index (χ3n) is 5.62. The summed E-state index contributed by atoms with van der Waals surface area (Å²) >= 11 is 0. The molecule has 0 radical (unpaired) electrons.